The van der Waals surface area contributed by atoms with Crippen molar-refractivity contribution in [3.05, 3.63) is 71.8 Å². The van der Waals surface area contributed by atoms with Gasteiger partial charge in [-0.05, 0) is 38.3 Å². The van der Waals surface area contributed by atoms with E-state index >= 15 is 0 Å². The average Bonchev–Trinajstić information content (AvgIpc) is 2.45. The molecular weight excluding hydrogens is 258 g/mol. The number of amides is 1. The Morgan fingerprint density at radius 3 is 2.00 bits per heavy atom. The predicted octanol–water partition coefficient (Wildman–Crippen LogP) is 3.93. The van der Waals surface area contributed by atoms with E-state index in [0.29, 0.717) is 6.42 Å². The van der Waals surface area contributed by atoms with Crippen LogP contribution in [-0.2, 0) is 11.2 Å². The van der Waals surface area contributed by atoms with Gasteiger partial charge in [-0.1, -0.05) is 60.7 Å². The van der Waals surface area contributed by atoms with Crippen LogP contribution in [0.2, 0.25) is 0 Å². The number of carbonyl (C=O) groups is 1. The van der Waals surface area contributed by atoms with E-state index in [-0.39, 0.29) is 17.4 Å². The Morgan fingerprint density at radius 2 is 1.48 bits per heavy atom. The molecule has 2 aromatic carbocycles. The molecule has 1 unspecified atom stereocenters. The molecule has 0 aromatic heterocycles. The maximum atomic E-state index is 12.7. The molecule has 0 heterocycles. The molecule has 0 radical (unpaired) electrons. The summed E-state index contributed by atoms with van der Waals surface area (Å²) >= 11 is 0. The van der Waals surface area contributed by atoms with Crippen molar-refractivity contribution in [3.8, 4) is 0 Å². The number of rotatable bonds is 4. The highest BCUT2D eigenvalue weighted by molar-refractivity contribution is 5.84. The average molecular weight is 281 g/mol. The zero-order chi connectivity index (χ0) is 15.3. The topological polar surface area (TPSA) is 29.1 Å². The second-order valence-electron chi connectivity index (χ2n) is 6.39. The first-order chi connectivity index (χ1) is 9.96. The molecule has 2 rings (SSSR count). The Kier molecular flexibility index (Phi) is 4.79. The van der Waals surface area contributed by atoms with Crippen molar-refractivity contribution in [1.82, 2.24) is 5.32 Å². The third kappa shape index (κ3) is 4.75. The number of benzene rings is 2. The molecule has 0 aliphatic carbocycles. The summed E-state index contributed by atoms with van der Waals surface area (Å²) in [5.41, 5.74) is 2.01. The van der Waals surface area contributed by atoms with Gasteiger partial charge in [0.2, 0.25) is 5.91 Å². The maximum absolute atomic E-state index is 12.7. The van der Waals surface area contributed by atoms with Crippen LogP contribution in [0.15, 0.2) is 60.7 Å². The second-order valence-corrected chi connectivity index (χ2v) is 6.39. The van der Waals surface area contributed by atoms with Crippen molar-refractivity contribution in [2.24, 2.45) is 0 Å². The molecule has 2 aromatic rings. The highest BCUT2D eigenvalue weighted by atomic mass is 16.2. The summed E-state index contributed by atoms with van der Waals surface area (Å²) in [7, 11) is 0. The Labute approximate surface area is 127 Å². The van der Waals surface area contributed by atoms with E-state index in [9.17, 15) is 4.79 Å². The standard InChI is InChI=1S/C19H23NO/c1-19(2,3)20-18(21)17(16-12-8-5-9-13-16)14-15-10-6-4-7-11-15/h4-13,17H,14H2,1-3H3,(H,20,21). The zero-order valence-electron chi connectivity index (χ0n) is 13.0. The molecule has 0 saturated heterocycles. The first kappa shape index (κ1) is 15.3. The van der Waals surface area contributed by atoms with Gasteiger partial charge in [-0.3, -0.25) is 4.79 Å². The molecule has 0 saturated carbocycles. The second kappa shape index (κ2) is 6.57. The monoisotopic (exact) mass is 281 g/mol. The van der Waals surface area contributed by atoms with Gasteiger partial charge in [-0.2, -0.15) is 0 Å². The summed E-state index contributed by atoms with van der Waals surface area (Å²) in [6, 6.07) is 20.2. The quantitative estimate of drug-likeness (QED) is 0.904. The van der Waals surface area contributed by atoms with Crippen molar-refractivity contribution >= 4 is 5.91 Å². The largest absolute Gasteiger partial charge is 0.351 e. The van der Waals surface area contributed by atoms with Gasteiger partial charge in [-0.15, -0.1) is 0 Å². The number of nitrogens with one attached hydrogen (secondary N) is 1. The molecule has 0 aliphatic heterocycles. The van der Waals surface area contributed by atoms with Gasteiger partial charge in [0, 0.05) is 5.54 Å². The lowest BCUT2D eigenvalue weighted by Gasteiger charge is -2.25. The minimum Gasteiger partial charge on any atom is -0.351 e. The van der Waals surface area contributed by atoms with Gasteiger partial charge in [0.25, 0.3) is 0 Å². The third-order valence-electron chi connectivity index (χ3n) is 3.30. The van der Waals surface area contributed by atoms with Crippen LogP contribution in [0, 0.1) is 0 Å². The van der Waals surface area contributed by atoms with Gasteiger partial charge < -0.3 is 5.32 Å². The van der Waals surface area contributed by atoms with Crippen LogP contribution in [-0.4, -0.2) is 11.4 Å². The SMILES string of the molecule is CC(C)(C)NC(=O)C(Cc1ccccc1)c1ccccc1. The van der Waals surface area contributed by atoms with Crippen LogP contribution in [0.1, 0.15) is 37.8 Å². The minimum atomic E-state index is -0.221. The van der Waals surface area contributed by atoms with Crippen molar-refractivity contribution in [3.63, 3.8) is 0 Å². The molecule has 1 amide bonds. The van der Waals surface area contributed by atoms with Gasteiger partial charge >= 0.3 is 0 Å². The normalized spacial score (nSPS) is 12.7. The number of hydrogen-bond acceptors (Lipinski definition) is 1. The van der Waals surface area contributed by atoms with E-state index in [4.69, 9.17) is 0 Å². The van der Waals surface area contributed by atoms with Crippen LogP contribution in [0.5, 0.6) is 0 Å². The lowest BCUT2D eigenvalue weighted by atomic mass is 9.90. The molecule has 2 heteroatoms. The van der Waals surface area contributed by atoms with Crippen molar-refractivity contribution in [1.29, 1.82) is 0 Å². The Bertz CT molecular complexity index is 570. The highest BCUT2D eigenvalue weighted by Gasteiger charge is 2.24. The molecule has 1 atom stereocenters. The van der Waals surface area contributed by atoms with Gasteiger partial charge in [0.1, 0.15) is 0 Å². The van der Waals surface area contributed by atoms with E-state index in [1.807, 2.05) is 69.3 Å². The Hall–Kier alpha value is -2.09. The van der Waals surface area contributed by atoms with Crippen molar-refractivity contribution in [2.75, 3.05) is 0 Å². The minimum absolute atomic E-state index is 0.0811. The molecule has 0 spiro atoms. The van der Waals surface area contributed by atoms with Crippen molar-refractivity contribution < 1.29 is 4.79 Å². The van der Waals surface area contributed by atoms with Gasteiger partial charge in [0.15, 0.2) is 0 Å². The maximum Gasteiger partial charge on any atom is 0.228 e. The molecule has 2 nitrogen and oxygen atoms in total. The van der Waals surface area contributed by atoms with Crippen LogP contribution >= 0.6 is 0 Å². The van der Waals surface area contributed by atoms with Crippen LogP contribution in [0.4, 0.5) is 0 Å². The van der Waals surface area contributed by atoms with Gasteiger partial charge in [-0.25, -0.2) is 0 Å². The van der Waals surface area contributed by atoms with Crippen LogP contribution in [0.25, 0.3) is 0 Å². The summed E-state index contributed by atoms with van der Waals surface area (Å²) in [6.07, 6.45) is 0.715. The molecule has 110 valence electrons. The summed E-state index contributed by atoms with van der Waals surface area (Å²) in [5.74, 6) is -0.0784. The van der Waals surface area contributed by atoms with E-state index in [1.54, 1.807) is 0 Å². The van der Waals surface area contributed by atoms with E-state index in [0.717, 1.165) is 5.56 Å². The zero-order valence-corrected chi connectivity index (χ0v) is 13.0. The fourth-order valence-electron chi connectivity index (χ4n) is 2.35. The molecule has 0 aliphatic rings. The molecule has 0 fully saturated rings. The number of hydrogen-bond donors (Lipinski definition) is 1. The van der Waals surface area contributed by atoms with Crippen molar-refractivity contribution in [2.45, 2.75) is 38.6 Å². The summed E-state index contributed by atoms with van der Waals surface area (Å²) in [4.78, 5) is 12.7. The summed E-state index contributed by atoms with van der Waals surface area (Å²) < 4.78 is 0. The first-order valence-electron chi connectivity index (χ1n) is 7.36. The fourth-order valence-corrected chi connectivity index (χ4v) is 2.35. The van der Waals surface area contributed by atoms with E-state index in [1.165, 1.54) is 5.56 Å². The Balaban J connectivity index is 2.25. The fraction of sp³-hybridized carbons (Fsp3) is 0.316. The third-order valence-corrected chi connectivity index (χ3v) is 3.30. The molecule has 21 heavy (non-hydrogen) atoms. The van der Waals surface area contributed by atoms with Crippen LogP contribution in [0.3, 0.4) is 0 Å². The van der Waals surface area contributed by atoms with Crippen LogP contribution < -0.4 is 5.32 Å². The van der Waals surface area contributed by atoms with E-state index < -0.39 is 0 Å². The van der Waals surface area contributed by atoms with Gasteiger partial charge in [0.05, 0.1) is 5.92 Å². The summed E-state index contributed by atoms with van der Waals surface area (Å²) in [6.45, 7) is 6.03. The predicted molar refractivity (Wildman–Crippen MR) is 87.2 cm³/mol. The first-order valence-corrected chi connectivity index (χ1v) is 7.36. The Morgan fingerprint density at radius 1 is 0.952 bits per heavy atom. The smallest absolute Gasteiger partial charge is 0.228 e. The molecular formula is C19H23NO. The number of carbonyl (C=O) groups excluding carboxylic acids is 1. The molecule has 1 N–H and O–H groups in total. The highest BCUT2D eigenvalue weighted by Crippen LogP contribution is 2.22. The lowest BCUT2D eigenvalue weighted by molar-refractivity contribution is -0.124. The lowest BCUT2D eigenvalue weighted by Crippen LogP contribution is -2.43. The summed E-state index contributed by atoms with van der Waals surface area (Å²) in [5, 5.41) is 3.10. The van der Waals surface area contributed by atoms with E-state index in [2.05, 4.69) is 17.4 Å². The molecule has 0 bridgehead atoms.